The van der Waals surface area contributed by atoms with Crippen molar-refractivity contribution >= 4 is 0 Å². The van der Waals surface area contributed by atoms with Gasteiger partial charge in [0.15, 0.2) is 0 Å². The topological polar surface area (TPSA) is 45.3 Å². The molecular weight excluding hydrogens is 226 g/mol. The second-order valence-electron chi connectivity index (χ2n) is 4.63. The third-order valence-corrected chi connectivity index (χ3v) is 3.00. The zero-order valence-electron chi connectivity index (χ0n) is 12.7. The van der Waals surface area contributed by atoms with E-state index in [-0.39, 0.29) is 0 Å². The Labute approximate surface area is 113 Å². The molecule has 0 spiro atoms. The van der Waals surface area contributed by atoms with Crippen molar-refractivity contribution in [2.24, 2.45) is 5.92 Å². The van der Waals surface area contributed by atoms with Crippen LogP contribution < -0.4 is 16.0 Å². The minimum absolute atomic E-state index is 0.470. The van der Waals surface area contributed by atoms with Crippen LogP contribution in [0.2, 0.25) is 0 Å². The summed E-state index contributed by atoms with van der Waals surface area (Å²) in [5.41, 5.74) is 0. The predicted octanol–water partition coefficient (Wildman–Crippen LogP) is 1.23. The molecule has 4 heteroatoms. The summed E-state index contributed by atoms with van der Waals surface area (Å²) in [5.74, 6) is 0.661. The van der Waals surface area contributed by atoms with Crippen molar-refractivity contribution in [2.45, 2.75) is 40.2 Å². The molecule has 1 atom stereocenters. The zero-order chi connectivity index (χ0) is 13.6. The molecule has 0 bridgehead atoms. The van der Waals surface area contributed by atoms with Crippen LogP contribution in [0.5, 0.6) is 0 Å². The van der Waals surface area contributed by atoms with Crippen LogP contribution in [0.15, 0.2) is 0 Å². The van der Waals surface area contributed by atoms with Gasteiger partial charge in [0.2, 0.25) is 0 Å². The lowest BCUT2D eigenvalue weighted by Crippen LogP contribution is -2.40. The van der Waals surface area contributed by atoms with E-state index < -0.39 is 0 Å². The molecule has 0 radical (unpaired) electrons. The van der Waals surface area contributed by atoms with E-state index >= 15 is 0 Å². The summed E-state index contributed by atoms with van der Waals surface area (Å²) in [7, 11) is 0. The first kappa shape index (κ1) is 17.8. The number of rotatable bonds is 13. The SMILES string of the molecule is CCNCC(CNCC)CC(COCC)NCC. The molecule has 0 aliphatic rings. The fraction of sp³-hybridized carbons (Fsp3) is 1.00. The number of nitrogens with one attached hydrogen (secondary N) is 3. The molecule has 0 aromatic carbocycles. The fourth-order valence-electron chi connectivity index (χ4n) is 2.10. The maximum atomic E-state index is 5.55. The second kappa shape index (κ2) is 13.3. The highest BCUT2D eigenvalue weighted by Crippen LogP contribution is 2.06. The quantitative estimate of drug-likeness (QED) is 0.465. The molecule has 110 valence electrons. The normalized spacial score (nSPS) is 13.2. The minimum Gasteiger partial charge on any atom is -0.380 e. The van der Waals surface area contributed by atoms with E-state index in [1.54, 1.807) is 0 Å². The number of likely N-dealkylation sites (N-methyl/N-ethyl adjacent to an activating group) is 1. The van der Waals surface area contributed by atoms with E-state index in [1.807, 2.05) is 0 Å². The Bertz CT molecular complexity index is 159. The number of ether oxygens (including phenoxy) is 1. The van der Waals surface area contributed by atoms with Crippen molar-refractivity contribution in [3.05, 3.63) is 0 Å². The first-order valence-electron chi connectivity index (χ1n) is 7.50. The first-order valence-corrected chi connectivity index (χ1v) is 7.50. The van der Waals surface area contributed by atoms with Crippen molar-refractivity contribution in [1.29, 1.82) is 0 Å². The Morgan fingerprint density at radius 3 is 1.94 bits per heavy atom. The molecular formula is C14H33N3O. The van der Waals surface area contributed by atoms with Crippen LogP contribution in [-0.4, -0.2) is 52.0 Å². The summed E-state index contributed by atoms with van der Waals surface area (Å²) >= 11 is 0. The molecule has 0 aliphatic carbocycles. The van der Waals surface area contributed by atoms with Gasteiger partial charge in [-0.3, -0.25) is 0 Å². The monoisotopic (exact) mass is 259 g/mol. The maximum Gasteiger partial charge on any atom is 0.0619 e. The molecule has 0 aromatic rings. The first-order chi connectivity index (χ1) is 8.78. The predicted molar refractivity (Wildman–Crippen MR) is 79.2 cm³/mol. The van der Waals surface area contributed by atoms with E-state index in [0.29, 0.717) is 12.0 Å². The Hall–Kier alpha value is -0.160. The Balaban J connectivity index is 4.09. The molecule has 0 fully saturated rings. The van der Waals surface area contributed by atoms with Gasteiger partial charge in [-0.25, -0.2) is 0 Å². The van der Waals surface area contributed by atoms with Crippen molar-refractivity contribution < 1.29 is 4.74 Å². The average Bonchev–Trinajstić information content (AvgIpc) is 2.39. The molecule has 1 unspecified atom stereocenters. The highest BCUT2D eigenvalue weighted by atomic mass is 16.5. The van der Waals surface area contributed by atoms with E-state index in [2.05, 4.69) is 43.6 Å². The summed E-state index contributed by atoms with van der Waals surface area (Å²) in [4.78, 5) is 0. The van der Waals surface area contributed by atoms with Crippen molar-refractivity contribution in [3.8, 4) is 0 Å². The number of hydrogen-bond acceptors (Lipinski definition) is 4. The summed E-state index contributed by atoms with van der Waals surface area (Å²) in [5, 5.41) is 10.4. The molecule has 0 aromatic heterocycles. The van der Waals surface area contributed by atoms with Crippen molar-refractivity contribution in [2.75, 3.05) is 45.9 Å². The van der Waals surface area contributed by atoms with E-state index in [9.17, 15) is 0 Å². The summed E-state index contributed by atoms with van der Waals surface area (Å²) < 4.78 is 5.55. The minimum atomic E-state index is 0.470. The van der Waals surface area contributed by atoms with Gasteiger partial charge in [-0.1, -0.05) is 20.8 Å². The standard InChI is InChI=1S/C14H33N3O/c1-5-15-10-13(11-16-6-2)9-14(17-7-3)12-18-8-4/h13-17H,5-12H2,1-4H3. The van der Waals surface area contributed by atoms with Crippen LogP contribution in [0.3, 0.4) is 0 Å². The lowest BCUT2D eigenvalue weighted by molar-refractivity contribution is 0.114. The van der Waals surface area contributed by atoms with Gasteiger partial charge in [-0.15, -0.1) is 0 Å². The summed E-state index contributed by atoms with van der Waals surface area (Å²) in [6.45, 7) is 15.4. The Kier molecular flexibility index (Phi) is 13.2. The van der Waals surface area contributed by atoms with Crippen molar-refractivity contribution in [3.63, 3.8) is 0 Å². The second-order valence-corrected chi connectivity index (χ2v) is 4.63. The largest absolute Gasteiger partial charge is 0.380 e. The zero-order valence-corrected chi connectivity index (χ0v) is 12.7. The molecule has 0 saturated heterocycles. The van der Waals surface area contributed by atoms with Crippen molar-refractivity contribution in [1.82, 2.24) is 16.0 Å². The highest BCUT2D eigenvalue weighted by Gasteiger charge is 2.15. The van der Waals surface area contributed by atoms with Gasteiger partial charge >= 0.3 is 0 Å². The third-order valence-electron chi connectivity index (χ3n) is 3.00. The lowest BCUT2D eigenvalue weighted by atomic mass is 9.99. The van der Waals surface area contributed by atoms with Gasteiger partial charge in [-0.2, -0.15) is 0 Å². The van der Waals surface area contributed by atoms with Gasteiger partial charge in [-0.05, 0) is 52.0 Å². The molecule has 3 N–H and O–H groups in total. The van der Waals surface area contributed by atoms with Crippen LogP contribution in [0.1, 0.15) is 34.1 Å². The Morgan fingerprint density at radius 2 is 1.50 bits per heavy atom. The Morgan fingerprint density at radius 1 is 0.889 bits per heavy atom. The van der Waals surface area contributed by atoms with Gasteiger partial charge < -0.3 is 20.7 Å². The van der Waals surface area contributed by atoms with Gasteiger partial charge in [0.05, 0.1) is 6.61 Å². The van der Waals surface area contributed by atoms with Gasteiger partial charge in [0.1, 0.15) is 0 Å². The van der Waals surface area contributed by atoms with E-state index in [0.717, 1.165) is 52.4 Å². The summed E-state index contributed by atoms with van der Waals surface area (Å²) in [6, 6.07) is 0.470. The third kappa shape index (κ3) is 9.83. The van der Waals surface area contributed by atoms with Crippen LogP contribution >= 0.6 is 0 Å². The van der Waals surface area contributed by atoms with Gasteiger partial charge in [0, 0.05) is 12.6 Å². The van der Waals surface area contributed by atoms with Crippen LogP contribution in [0, 0.1) is 5.92 Å². The van der Waals surface area contributed by atoms with Crippen LogP contribution in [0.4, 0.5) is 0 Å². The maximum absolute atomic E-state index is 5.55. The smallest absolute Gasteiger partial charge is 0.0619 e. The highest BCUT2D eigenvalue weighted by molar-refractivity contribution is 4.74. The molecule has 0 heterocycles. The lowest BCUT2D eigenvalue weighted by Gasteiger charge is -2.24. The molecule has 0 rings (SSSR count). The number of hydrogen-bond donors (Lipinski definition) is 3. The fourth-order valence-corrected chi connectivity index (χ4v) is 2.10. The molecule has 0 saturated carbocycles. The molecule has 0 amide bonds. The van der Waals surface area contributed by atoms with E-state index in [4.69, 9.17) is 4.74 Å². The summed E-state index contributed by atoms with van der Waals surface area (Å²) in [6.07, 6.45) is 1.16. The average molecular weight is 259 g/mol. The molecule has 18 heavy (non-hydrogen) atoms. The van der Waals surface area contributed by atoms with Crippen LogP contribution in [-0.2, 0) is 4.74 Å². The van der Waals surface area contributed by atoms with Crippen LogP contribution in [0.25, 0.3) is 0 Å². The van der Waals surface area contributed by atoms with Gasteiger partial charge in [0.25, 0.3) is 0 Å². The van der Waals surface area contributed by atoms with E-state index in [1.165, 1.54) is 0 Å². The molecule has 0 aliphatic heterocycles. The molecule has 4 nitrogen and oxygen atoms in total.